The lowest BCUT2D eigenvalue weighted by molar-refractivity contribution is -0.143. The van der Waals surface area contributed by atoms with Crippen molar-refractivity contribution in [2.75, 3.05) is 17.3 Å². The van der Waals surface area contributed by atoms with Gasteiger partial charge < -0.3 is 20.3 Å². The molecule has 0 spiro atoms. The number of ether oxygens (including phenoxy) is 1. The molecular formula is C29H41N3O4S. The molecule has 0 radical (unpaired) electrons. The summed E-state index contributed by atoms with van der Waals surface area (Å²) in [5.41, 5.74) is 2.59. The highest BCUT2D eigenvalue weighted by atomic mass is 32.2. The van der Waals surface area contributed by atoms with Crippen LogP contribution in [0, 0.1) is 13.8 Å². The summed E-state index contributed by atoms with van der Waals surface area (Å²) in [6.45, 7) is 12.9. The van der Waals surface area contributed by atoms with Gasteiger partial charge in [-0.05, 0) is 84.1 Å². The molecule has 2 aromatic carbocycles. The van der Waals surface area contributed by atoms with Gasteiger partial charge in [0.2, 0.25) is 5.91 Å². The second-order valence-corrected chi connectivity index (χ2v) is 11.4. The Morgan fingerprint density at radius 1 is 1.03 bits per heavy atom. The van der Waals surface area contributed by atoms with E-state index in [0.717, 1.165) is 11.1 Å². The summed E-state index contributed by atoms with van der Waals surface area (Å²) in [6.07, 6.45) is 1.69. The predicted octanol–water partition coefficient (Wildman–Crippen LogP) is 5.87. The maximum absolute atomic E-state index is 14.1. The third kappa shape index (κ3) is 9.11. The molecule has 0 aliphatic heterocycles. The third-order valence-electron chi connectivity index (χ3n) is 5.70. The van der Waals surface area contributed by atoms with Gasteiger partial charge in [0.1, 0.15) is 17.7 Å². The maximum atomic E-state index is 14.1. The Balaban J connectivity index is 2.50. The average Bonchev–Trinajstić information content (AvgIpc) is 2.79. The minimum Gasteiger partial charge on any atom is -0.444 e. The molecule has 0 aliphatic rings. The van der Waals surface area contributed by atoms with Crippen LogP contribution >= 0.6 is 11.8 Å². The predicted molar refractivity (Wildman–Crippen MR) is 152 cm³/mol. The number of nitrogens with zero attached hydrogens (tertiary/aromatic N) is 1. The lowest BCUT2D eigenvalue weighted by Gasteiger charge is -2.37. The van der Waals surface area contributed by atoms with Crippen molar-refractivity contribution in [2.24, 2.45) is 0 Å². The molecule has 7 nitrogen and oxygen atoms in total. The summed E-state index contributed by atoms with van der Waals surface area (Å²) in [6, 6.07) is 13.1. The van der Waals surface area contributed by atoms with Crippen molar-refractivity contribution in [1.29, 1.82) is 0 Å². The van der Waals surface area contributed by atoms with Crippen molar-refractivity contribution in [1.82, 2.24) is 10.2 Å². The summed E-state index contributed by atoms with van der Waals surface area (Å²) >= 11 is 1.58. The van der Waals surface area contributed by atoms with E-state index in [9.17, 15) is 14.4 Å². The second kappa shape index (κ2) is 13.5. The van der Waals surface area contributed by atoms with Crippen molar-refractivity contribution in [3.05, 3.63) is 65.2 Å². The lowest BCUT2D eigenvalue weighted by atomic mass is 9.99. The van der Waals surface area contributed by atoms with Gasteiger partial charge in [-0.25, -0.2) is 4.79 Å². The van der Waals surface area contributed by atoms with Crippen LogP contribution in [-0.2, 0) is 14.3 Å². The topological polar surface area (TPSA) is 87.7 Å². The standard InChI is InChI=1S/C29H41N3O4S/c1-19(2)32(27(34)24(16-17-37-8)31-28(35)36-29(5,6)7)25(22-14-11-12-20(3)18-22)26(33)30-23-15-10-9-13-21(23)4/h9-15,18-19,24-25H,16-17H2,1-8H3,(H,30,33)(H,31,35). The number of hydrogen-bond acceptors (Lipinski definition) is 5. The van der Waals surface area contributed by atoms with E-state index >= 15 is 0 Å². The zero-order valence-electron chi connectivity index (χ0n) is 23.3. The fraction of sp³-hybridized carbons (Fsp3) is 0.483. The molecule has 2 unspecified atom stereocenters. The summed E-state index contributed by atoms with van der Waals surface area (Å²) in [7, 11) is 0. The van der Waals surface area contributed by atoms with Crippen LogP contribution in [0.2, 0.25) is 0 Å². The van der Waals surface area contributed by atoms with Gasteiger partial charge in [0.25, 0.3) is 5.91 Å². The van der Waals surface area contributed by atoms with Crippen molar-refractivity contribution in [3.63, 3.8) is 0 Å². The Morgan fingerprint density at radius 3 is 2.27 bits per heavy atom. The van der Waals surface area contributed by atoms with Crippen molar-refractivity contribution >= 4 is 35.4 Å². The van der Waals surface area contributed by atoms with E-state index in [1.165, 1.54) is 0 Å². The van der Waals surface area contributed by atoms with Crippen LogP contribution in [0.4, 0.5) is 10.5 Å². The first-order valence-corrected chi connectivity index (χ1v) is 14.0. The molecule has 0 aromatic heterocycles. The highest BCUT2D eigenvalue weighted by Gasteiger charge is 2.37. The van der Waals surface area contributed by atoms with Crippen LogP contribution in [0.3, 0.4) is 0 Å². The molecule has 2 atom stereocenters. The lowest BCUT2D eigenvalue weighted by Crippen LogP contribution is -2.54. The number of hydrogen-bond donors (Lipinski definition) is 2. The quantitative estimate of drug-likeness (QED) is 0.404. The Labute approximate surface area is 225 Å². The smallest absolute Gasteiger partial charge is 0.408 e. The minimum atomic E-state index is -0.899. The summed E-state index contributed by atoms with van der Waals surface area (Å²) < 4.78 is 5.43. The van der Waals surface area contributed by atoms with Crippen LogP contribution in [0.25, 0.3) is 0 Å². The van der Waals surface area contributed by atoms with Gasteiger partial charge in [-0.1, -0.05) is 48.0 Å². The number of anilines is 1. The molecule has 0 saturated heterocycles. The Bertz CT molecular complexity index is 1080. The molecular weight excluding hydrogens is 486 g/mol. The summed E-state index contributed by atoms with van der Waals surface area (Å²) in [5, 5.41) is 5.78. The van der Waals surface area contributed by atoms with Crippen LogP contribution in [0.5, 0.6) is 0 Å². The first-order chi connectivity index (χ1) is 17.3. The third-order valence-corrected chi connectivity index (χ3v) is 6.34. The Kier molecular flexibility index (Phi) is 11.0. The molecule has 8 heteroatoms. The number of para-hydroxylation sites is 1. The molecule has 2 aromatic rings. The van der Waals surface area contributed by atoms with Gasteiger partial charge in [0.15, 0.2) is 0 Å². The first kappa shape index (κ1) is 30.2. The SMILES string of the molecule is CSCCC(NC(=O)OC(C)(C)C)C(=O)N(C(C)C)C(C(=O)Nc1ccccc1C)c1cccc(C)c1. The molecule has 3 amide bonds. The van der Waals surface area contributed by atoms with E-state index < -0.39 is 23.8 Å². The molecule has 0 bridgehead atoms. The summed E-state index contributed by atoms with van der Waals surface area (Å²) in [4.78, 5) is 42.1. The highest BCUT2D eigenvalue weighted by Crippen LogP contribution is 2.28. The second-order valence-electron chi connectivity index (χ2n) is 10.4. The van der Waals surface area contributed by atoms with E-state index in [4.69, 9.17) is 4.74 Å². The zero-order chi connectivity index (χ0) is 27.8. The molecule has 2 rings (SSSR count). The number of carbonyl (C=O) groups is 3. The molecule has 2 N–H and O–H groups in total. The van der Waals surface area contributed by atoms with Crippen LogP contribution in [-0.4, -0.2) is 52.5 Å². The van der Waals surface area contributed by atoms with Crippen LogP contribution in [0.1, 0.15) is 63.8 Å². The number of thioether (sulfide) groups is 1. The Hall–Kier alpha value is -3.00. The van der Waals surface area contributed by atoms with Gasteiger partial charge in [-0.3, -0.25) is 9.59 Å². The van der Waals surface area contributed by atoms with Gasteiger partial charge in [0.05, 0.1) is 0 Å². The number of carbonyl (C=O) groups excluding carboxylic acids is 3. The van der Waals surface area contributed by atoms with Crippen LogP contribution in [0.15, 0.2) is 48.5 Å². The molecule has 0 fully saturated rings. The van der Waals surface area contributed by atoms with Gasteiger partial charge in [-0.15, -0.1) is 0 Å². The van der Waals surface area contributed by atoms with Crippen molar-refractivity contribution < 1.29 is 19.1 Å². The molecule has 202 valence electrons. The van der Waals surface area contributed by atoms with E-state index in [1.54, 1.807) is 37.4 Å². The van der Waals surface area contributed by atoms with Gasteiger partial charge in [0, 0.05) is 11.7 Å². The molecule has 0 heterocycles. The number of amides is 3. The van der Waals surface area contributed by atoms with Crippen molar-refractivity contribution in [3.8, 4) is 0 Å². The largest absolute Gasteiger partial charge is 0.444 e. The number of aryl methyl sites for hydroxylation is 2. The highest BCUT2D eigenvalue weighted by molar-refractivity contribution is 7.98. The van der Waals surface area contributed by atoms with E-state index in [0.29, 0.717) is 23.4 Å². The molecule has 0 saturated carbocycles. The van der Waals surface area contributed by atoms with Crippen LogP contribution < -0.4 is 10.6 Å². The molecule has 37 heavy (non-hydrogen) atoms. The molecule has 0 aliphatic carbocycles. The fourth-order valence-electron chi connectivity index (χ4n) is 4.00. The zero-order valence-corrected chi connectivity index (χ0v) is 24.1. The van der Waals surface area contributed by atoms with E-state index in [2.05, 4.69) is 10.6 Å². The summed E-state index contributed by atoms with van der Waals surface area (Å²) in [5.74, 6) is 0.00651. The van der Waals surface area contributed by atoms with Crippen molar-refractivity contribution in [2.45, 2.75) is 78.6 Å². The number of benzene rings is 2. The van der Waals surface area contributed by atoms with Gasteiger partial charge >= 0.3 is 6.09 Å². The maximum Gasteiger partial charge on any atom is 0.408 e. The van der Waals surface area contributed by atoms with E-state index in [1.807, 2.05) is 82.5 Å². The monoisotopic (exact) mass is 527 g/mol. The van der Waals surface area contributed by atoms with E-state index in [-0.39, 0.29) is 17.9 Å². The van der Waals surface area contributed by atoms with Gasteiger partial charge in [-0.2, -0.15) is 11.8 Å². The fourth-order valence-corrected chi connectivity index (χ4v) is 4.47. The average molecular weight is 528 g/mol. The number of rotatable bonds is 10. The Morgan fingerprint density at radius 2 is 1.70 bits per heavy atom. The normalized spacial score (nSPS) is 13.0. The number of alkyl carbamates (subject to hydrolysis) is 1. The first-order valence-electron chi connectivity index (χ1n) is 12.6. The minimum absolute atomic E-state index is 0.317. The number of nitrogens with one attached hydrogen (secondary N) is 2.